The Kier molecular flexibility index (Phi) is 4.42. The van der Waals surface area contributed by atoms with E-state index in [9.17, 15) is 9.59 Å². The number of hydrogen-bond acceptors (Lipinski definition) is 4. The highest BCUT2D eigenvalue weighted by Crippen LogP contribution is 2.18. The van der Waals surface area contributed by atoms with E-state index < -0.39 is 0 Å². The molecule has 2 N–H and O–H groups in total. The summed E-state index contributed by atoms with van der Waals surface area (Å²) in [6, 6.07) is 0.0584. The molecular formula is C15H23N5O2. The molecule has 2 atom stereocenters. The Morgan fingerprint density at radius 2 is 2.27 bits per heavy atom. The lowest BCUT2D eigenvalue weighted by atomic mass is 9.99. The van der Waals surface area contributed by atoms with Crippen LogP contribution in [0.15, 0.2) is 12.4 Å². The zero-order valence-electron chi connectivity index (χ0n) is 12.9. The van der Waals surface area contributed by atoms with Crippen molar-refractivity contribution in [2.45, 2.75) is 37.8 Å². The molecule has 1 aromatic heterocycles. The summed E-state index contributed by atoms with van der Waals surface area (Å²) >= 11 is 0. The van der Waals surface area contributed by atoms with E-state index in [0.717, 1.165) is 45.3 Å². The summed E-state index contributed by atoms with van der Waals surface area (Å²) in [7, 11) is 1.79. The van der Waals surface area contributed by atoms with Crippen molar-refractivity contribution in [3.63, 3.8) is 0 Å². The second kappa shape index (κ2) is 6.48. The first kappa shape index (κ1) is 15.0. The van der Waals surface area contributed by atoms with E-state index in [1.165, 1.54) is 0 Å². The Labute approximate surface area is 130 Å². The number of piperidine rings is 2. The van der Waals surface area contributed by atoms with Crippen LogP contribution in [0.4, 0.5) is 0 Å². The maximum atomic E-state index is 12.2. The molecule has 0 saturated carbocycles. The number of aromatic nitrogens is 2. The second-order valence-corrected chi connectivity index (χ2v) is 6.16. The second-order valence-electron chi connectivity index (χ2n) is 6.16. The lowest BCUT2D eigenvalue weighted by Gasteiger charge is -2.39. The summed E-state index contributed by atoms with van der Waals surface area (Å²) in [4.78, 5) is 26.4. The van der Waals surface area contributed by atoms with Gasteiger partial charge in [0.2, 0.25) is 5.91 Å². The number of aryl methyl sites for hydroxylation is 1. The normalized spacial score (nSPS) is 26.5. The molecule has 2 fully saturated rings. The molecule has 2 unspecified atom stereocenters. The summed E-state index contributed by atoms with van der Waals surface area (Å²) < 4.78 is 1.62. The number of carbonyl (C=O) groups excluding carboxylic acids is 2. The van der Waals surface area contributed by atoms with Gasteiger partial charge in [-0.05, 0) is 32.2 Å². The van der Waals surface area contributed by atoms with Crippen LogP contribution in [0, 0.1) is 0 Å². The summed E-state index contributed by atoms with van der Waals surface area (Å²) in [5, 5.41) is 10.0. The summed E-state index contributed by atoms with van der Waals surface area (Å²) in [6.07, 6.45) is 7.18. The van der Waals surface area contributed by atoms with Gasteiger partial charge in [0.25, 0.3) is 5.91 Å². The first-order valence-corrected chi connectivity index (χ1v) is 7.95. The van der Waals surface area contributed by atoms with Crippen LogP contribution >= 0.6 is 0 Å². The number of likely N-dealkylation sites (tertiary alicyclic amines) is 1. The third-order valence-electron chi connectivity index (χ3n) is 4.45. The van der Waals surface area contributed by atoms with Crippen molar-refractivity contribution in [2.24, 2.45) is 7.05 Å². The molecule has 7 nitrogen and oxygen atoms in total. The van der Waals surface area contributed by atoms with Gasteiger partial charge in [-0.2, -0.15) is 5.10 Å². The predicted molar refractivity (Wildman–Crippen MR) is 81.3 cm³/mol. The molecule has 3 heterocycles. The zero-order valence-corrected chi connectivity index (χ0v) is 12.9. The van der Waals surface area contributed by atoms with Gasteiger partial charge in [-0.3, -0.25) is 19.2 Å². The Bertz CT molecular complexity index is 556. The van der Waals surface area contributed by atoms with Gasteiger partial charge in [-0.1, -0.05) is 0 Å². The van der Waals surface area contributed by atoms with Gasteiger partial charge in [0.15, 0.2) is 0 Å². The van der Waals surface area contributed by atoms with Gasteiger partial charge in [0.1, 0.15) is 0 Å². The molecular weight excluding hydrogens is 282 g/mol. The highest BCUT2D eigenvalue weighted by molar-refractivity contribution is 5.93. The Balaban J connectivity index is 1.58. The van der Waals surface area contributed by atoms with Crippen molar-refractivity contribution in [3.05, 3.63) is 18.0 Å². The van der Waals surface area contributed by atoms with Gasteiger partial charge in [-0.25, -0.2) is 0 Å². The molecule has 0 bridgehead atoms. The standard InChI is InChI=1S/C15H23N5O2/c1-19-9-11(8-17-19)14(21)18-12-4-3-7-20(10-12)13-5-2-6-16-15(13)22/h8-9,12-13H,2-7,10H2,1H3,(H,16,22)(H,18,21). The van der Waals surface area contributed by atoms with Crippen molar-refractivity contribution >= 4 is 11.8 Å². The maximum absolute atomic E-state index is 12.2. The number of nitrogens with one attached hydrogen (secondary N) is 2. The average molecular weight is 305 g/mol. The van der Waals surface area contributed by atoms with Crippen LogP contribution in [0.2, 0.25) is 0 Å². The van der Waals surface area contributed by atoms with E-state index in [2.05, 4.69) is 20.6 Å². The number of rotatable bonds is 3. The van der Waals surface area contributed by atoms with E-state index in [1.54, 1.807) is 24.1 Å². The quantitative estimate of drug-likeness (QED) is 0.817. The molecule has 3 rings (SSSR count). The SMILES string of the molecule is Cn1cc(C(=O)NC2CCCN(C3CCCNC3=O)C2)cn1. The Hall–Kier alpha value is -1.89. The van der Waals surface area contributed by atoms with E-state index in [1.807, 2.05) is 0 Å². The molecule has 2 aliphatic rings. The molecule has 2 amide bonds. The fourth-order valence-corrected chi connectivity index (χ4v) is 3.32. The monoisotopic (exact) mass is 305 g/mol. The van der Waals surface area contributed by atoms with E-state index >= 15 is 0 Å². The number of carbonyl (C=O) groups is 2. The lowest BCUT2D eigenvalue weighted by Crippen LogP contribution is -2.56. The van der Waals surface area contributed by atoms with Crippen LogP contribution in [0.1, 0.15) is 36.0 Å². The molecule has 0 spiro atoms. The smallest absolute Gasteiger partial charge is 0.254 e. The van der Waals surface area contributed by atoms with Crippen LogP contribution in [0.3, 0.4) is 0 Å². The molecule has 0 aliphatic carbocycles. The average Bonchev–Trinajstić information content (AvgIpc) is 2.95. The van der Waals surface area contributed by atoms with Crippen molar-refractivity contribution in [1.82, 2.24) is 25.3 Å². The minimum Gasteiger partial charge on any atom is -0.355 e. The van der Waals surface area contributed by atoms with Crippen molar-refractivity contribution in [2.75, 3.05) is 19.6 Å². The van der Waals surface area contributed by atoms with Gasteiger partial charge >= 0.3 is 0 Å². The molecule has 1 aromatic rings. The van der Waals surface area contributed by atoms with Crippen LogP contribution in [0.25, 0.3) is 0 Å². The van der Waals surface area contributed by atoms with Crippen molar-refractivity contribution in [3.8, 4) is 0 Å². The summed E-state index contributed by atoms with van der Waals surface area (Å²) in [5.41, 5.74) is 0.579. The fourth-order valence-electron chi connectivity index (χ4n) is 3.32. The van der Waals surface area contributed by atoms with Crippen LogP contribution in [0.5, 0.6) is 0 Å². The van der Waals surface area contributed by atoms with Gasteiger partial charge in [0.05, 0.1) is 17.8 Å². The number of hydrogen-bond donors (Lipinski definition) is 2. The zero-order chi connectivity index (χ0) is 15.5. The molecule has 2 saturated heterocycles. The minimum atomic E-state index is -0.0898. The molecule has 0 aromatic carbocycles. The van der Waals surface area contributed by atoms with E-state index in [4.69, 9.17) is 0 Å². The third kappa shape index (κ3) is 3.30. The first-order chi connectivity index (χ1) is 10.6. The van der Waals surface area contributed by atoms with Crippen LogP contribution < -0.4 is 10.6 Å². The van der Waals surface area contributed by atoms with Crippen molar-refractivity contribution in [1.29, 1.82) is 0 Å². The third-order valence-corrected chi connectivity index (χ3v) is 4.45. The summed E-state index contributed by atoms with van der Waals surface area (Å²) in [5.74, 6) is 0.0403. The summed E-state index contributed by atoms with van der Waals surface area (Å²) in [6.45, 7) is 2.45. The van der Waals surface area contributed by atoms with Gasteiger partial charge in [-0.15, -0.1) is 0 Å². The highest BCUT2D eigenvalue weighted by Gasteiger charge is 2.32. The van der Waals surface area contributed by atoms with Gasteiger partial charge < -0.3 is 10.6 Å². The van der Waals surface area contributed by atoms with Crippen LogP contribution in [-0.2, 0) is 11.8 Å². The Morgan fingerprint density at radius 3 is 3.00 bits per heavy atom. The Morgan fingerprint density at radius 1 is 1.41 bits per heavy atom. The maximum Gasteiger partial charge on any atom is 0.254 e. The lowest BCUT2D eigenvalue weighted by molar-refractivity contribution is -0.128. The molecule has 120 valence electrons. The minimum absolute atomic E-state index is 0.0353. The first-order valence-electron chi connectivity index (χ1n) is 7.95. The largest absolute Gasteiger partial charge is 0.355 e. The van der Waals surface area contributed by atoms with Crippen molar-refractivity contribution < 1.29 is 9.59 Å². The molecule has 0 radical (unpaired) electrons. The fraction of sp³-hybridized carbons (Fsp3) is 0.667. The molecule has 22 heavy (non-hydrogen) atoms. The van der Waals surface area contributed by atoms with E-state index in [-0.39, 0.29) is 23.9 Å². The predicted octanol–water partition coefficient (Wildman–Crippen LogP) is -0.107. The molecule has 7 heteroatoms. The highest BCUT2D eigenvalue weighted by atomic mass is 16.2. The molecule has 2 aliphatic heterocycles. The van der Waals surface area contributed by atoms with Gasteiger partial charge in [0, 0.05) is 32.4 Å². The van der Waals surface area contributed by atoms with E-state index in [0.29, 0.717) is 5.56 Å². The number of nitrogens with zero attached hydrogens (tertiary/aromatic N) is 3. The van der Waals surface area contributed by atoms with Crippen LogP contribution in [-0.4, -0.2) is 58.2 Å². The topological polar surface area (TPSA) is 79.3 Å². The number of amides is 2.